The number of carbonyl (C=O) groups excluding carboxylic acids is 2. The fourth-order valence-corrected chi connectivity index (χ4v) is 0.609. The van der Waals surface area contributed by atoms with E-state index in [1.165, 1.54) is 6.92 Å². The van der Waals surface area contributed by atoms with Crippen molar-refractivity contribution in [2.75, 3.05) is 0 Å². The van der Waals surface area contributed by atoms with E-state index in [1.807, 2.05) is 6.79 Å². The van der Waals surface area contributed by atoms with Crippen molar-refractivity contribution in [3.8, 4) is 0 Å². The largest absolute Gasteiger partial charge is 1.00 e. The molecular weight excluding hydrogens is 258 g/mol. The van der Waals surface area contributed by atoms with Crippen LogP contribution in [0.3, 0.4) is 0 Å². The van der Waals surface area contributed by atoms with Crippen LogP contribution in [-0.4, -0.2) is 36.6 Å². The summed E-state index contributed by atoms with van der Waals surface area (Å²) in [6.45, 7) is 6.71. The quantitative estimate of drug-likeness (QED) is 0.394. The first-order valence-electron chi connectivity index (χ1n) is 3.42. The third-order valence-corrected chi connectivity index (χ3v) is 0.682. The van der Waals surface area contributed by atoms with E-state index < -0.39 is 17.0 Å². The monoisotopic (exact) mass is 272 g/mol. The first kappa shape index (κ1) is 30.4. The molecule has 0 rings (SSSR count). The van der Waals surface area contributed by atoms with E-state index in [1.54, 1.807) is 13.8 Å². The molecule has 0 radical (unpaired) electrons. The molecule has 9 heteroatoms. The molecule has 0 fully saturated rings. The Morgan fingerprint density at radius 3 is 1.50 bits per heavy atom. The van der Waals surface area contributed by atoms with Crippen LogP contribution in [0.1, 0.15) is 27.2 Å². The molecule has 1 N–H and O–H groups in total. The van der Waals surface area contributed by atoms with Crippen LogP contribution < -0.4 is 59.1 Å². The molecule has 0 unspecified atom stereocenters. The van der Waals surface area contributed by atoms with Gasteiger partial charge in [-0.15, -0.1) is 11.4 Å². The molecular formula is C7H14Na2O6S. The van der Waals surface area contributed by atoms with Crippen LogP contribution >= 0.6 is 0 Å². The molecule has 0 aliphatic heterocycles. The average molecular weight is 272 g/mol. The standard InChI is InChI=1S/C6H12O2.CH2O.2Na.H2O3S/c1-5(7)4-6(2,3)8;1-2;;;1-4(2)3/h8H,4H2,1-3H3;1H2;;;(H2,1,2,3)/q;;2*+1;/p-2. The van der Waals surface area contributed by atoms with Crippen LogP contribution in [0, 0.1) is 0 Å². The number of carbonyl (C=O) groups is 2. The Hall–Kier alpha value is 1.37. The van der Waals surface area contributed by atoms with Crippen molar-refractivity contribution in [1.82, 2.24) is 0 Å². The maximum Gasteiger partial charge on any atom is 1.00 e. The van der Waals surface area contributed by atoms with Gasteiger partial charge in [-0.1, -0.05) is 0 Å². The zero-order chi connectivity index (χ0) is 12.4. The van der Waals surface area contributed by atoms with Gasteiger partial charge in [0.1, 0.15) is 12.6 Å². The molecule has 0 aromatic carbocycles. The molecule has 0 saturated carbocycles. The first-order valence-corrected chi connectivity index (χ1v) is 4.42. The zero-order valence-electron chi connectivity index (χ0n) is 10.3. The van der Waals surface area contributed by atoms with Crippen LogP contribution in [0.25, 0.3) is 0 Å². The SMILES string of the molecule is C=O.CC(=O)CC(C)(C)O.O=S([O-])[O-].[Na+].[Na+]. The van der Waals surface area contributed by atoms with Gasteiger partial charge in [-0.3, -0.25) is 9.00 Å². The summed E-state index contributed by atoms with van der Waals surface area (Å²) in [5.74, 6) is 0.0255. The summed E-state index contributed by atoms with van der Waals surface area (Å²) in [6.07, 6.45) is 0.243. The molecule has 6 nitrogen and oxygen atoms in total. The second-order valence-corrected chi connectivity index (χ2v) is 3.30. The van der Waals surface area contributed by atoms with Gasteiger partial charge in [-0.25, -0.2) is 0 Å². The summed E-state index contributed by atoms with van der Waals surface area (Å²) in [6, 6.07) is 0. The third-order valence-electron chi connectivity index (χ3n) is 0.682. The number of hydrogen-bond donors (Lipinski definition) is 1. The van der Waals surface area contributed by atoms with Crippen LogP contribution in [-0.2, 0) is 21.0 Å². The smallest absolute Gasteiger partial charge is 0.784 e. The molecule has 0 aromatic rings. The molecule has 0 amide bonds. The van der Waals surface area contributed by atoms with E-state index in [2.05, 4.69) is 0 Å². The third kappa shape index (κ3) is 78.2. The van der Waals surface area contributed by atoms with E-state index in [0.29, 0.717) is 0 Å². The minimum Gasteiger partial charge on any atom is -0.784 e. The van der Waals surface area contributed by atoms with Crippen molar-refractivity contribution in [1.29, 1.82) is 0 Å². The van der Waals surface area contributed by atoms with Crippen LogP contribution in [0.15, 0.2) is 0 Å². The summed E-state index contributed by atoms with van der Waals surface area (Å²) in [5.41, 5.74) is -0.828. The van der Waals surface area contributed by atoms with Gasteiger partial charge in [-0.05, 0) is 20.8 Å². The van der Waals surface area contributed by atoms with Gasteiger partial charge in [0.25, 0.3) is 0 Å². The van der Waals surface area contributed by atoms with Crippen LogP contribution in [0.2, 0.25) is 0 Å². The van der Waals surface area contributed by atoms with E-state index in [0.717, 1.165) is 0 Å². The Morgan fingerprint density at radius 2 is 1.50 bits per heavy atom. The Kier molecular flexibility index (Phi) is 35.6. The van der Waals surface area contributed by atoms with Gasteiger partial charge in [0.05, 0.1) is 5.60 Å². The van der Waals surface area contributed by atoms with E-state index in [9.17, 15) is 4.79 Å². The summed E-state index contributed by atoms with van der Waals surface area (Å²) < 4.78 is 25.3. The van der Waals surface area contributed by atoms with Crippen LogP contribution in [0.5, 0.6) is 0 Å². The molecule has 0 saturated heterocycles. The predicted molar refractivity (Wildman–Crippen MR) is 48.4 cm³/mol. The van der Waals surface area contributed by atoms with Gasteiger partial charge in [-0.2, -0.15) is 0 Å². The maximum absolute atomic E-state index is 10.3. The van der Waals surface area contributed by atoms with Crippen molar-refractivity contribution in [2.24, 2.45) is 0 Å². The van der Waals surface area contributed by atoms with Crippen molar-refractivity contribution < 1.29 is 87.1 Å². The van der Waals surface area contributed by atoms with Gasteiger partial charge in [0.2, 0.25) is 0 Å². The molecule has 0 aliphatic rings. The summed E-state index contributed by atoms with van der Waals surface area (Å²) in [4.78, 5) is 18.3. The fraction of sp³-hybridized carbons (Fsp3) is 0.714. The van der Waals surface area contributed by atoms with E-state index in [4.69, 9.17) is 23.2 Å². The Labute approximate surface area is 142 Å². The second kappa shape index (κ2) is 18.7. The van der Waals surface area contributed by atoms with Gasteiger partial charge in [0, 0.05) is 6.42 Å². The van der Waals surface area contributed by atoms with E-state index >= 15 is 0 Å². The minimum absolute atomic E-state index is 0. The minimum atomic E-state index is -3.11. The molecule has 0 bridgehead atoms. The van der Waals surface area contributed by atoms with E-state index in [-0.39, 0.29) is 71.3 Å². The van der Waals surface area contributed by atoms with Crippen LogP contribution in [0.4, 0.5) is 0 Å². The Balaban J connectivity index is -0.0000000439. The summed E-state index contributed by atoms with van der Waals surface area (Å²) in [5, 5.41) is 8.97. The molecule has 0 spiro atoms. The molecule has 0 aromatic heterocycles. The Morgan fingerprint density at radius 1 is 1.31 bits per heavy atom. The van der Waals surface area contributed by atoms with Crippen molar-refractivity contribution >= 4 is 23.9 Å². The normalized spacial score (nSPS) is 8.19. The second-order valence-electron chi connectivity index (χ2n) is 2.90. The van der Waals surface area contributed by atoms with Crippen molar-refractivity contribution in [2.45, 2.75) is 32.8 Å². The zero-order valence-corrected chi connectivity index (χ0v) is 15.1. The molecule has 0 atom stereocenters. The molecule has 16 heavy (non-hydrogen) atoms. The number of hydrogen-bond acceptors (Lipinski definition) is 6. The first-order chi connectivity index (χ1) is 6.15. The molecule has 86 valence electrons. The predicted octanol–water partition coefficient (Wildman–Crippen LogP) is -6.44. The maximum atomic E-state index is 10.3. The summed E-state index contributed by atoms with van der Waals surface area (Å²) in [7, 11) is 0. The van der Waals surface area contributed by atoms with Gasteiger partial charge < -0.3 is 19.0 Å². The Bertz CT molecular complexity index is 178. The van der Waals surface area contributed by atoms with Crippen molar-refractivity contribution in [3.63, 3.8) is 0 Å². The molecule has 0 aliphatic carbocycles. The van der Waals surface area contributed by atoms with Gasteiger partial charge in [0.15, 0.2) is 0 Å². The average Bonchev–Trinajstić information content (AvgIpc) is 1.84. The fourth-order valence-electron chi connectivity index (χ4n) is 0.609. The van der Waals surface area contributed by atoms with Crippen molar-refractivity contribution in [3.05, 3.63) is 0 Å². The summed E-state index contributed by atoms with van der Waals surface area (Å²) >= 11 is -3.11. The topological polar surface area (TPSA) is 118 Å². The number of rotatable bonds is 2. The number of Topliss-reactive ketones (excluding diaryl/α,β-unsaturated/α-hetero) is 1. The number of ketones is 1. The number of aliphatic hydroxyl groups is 1. The van der Waals surface area contributed by atoms with Gasteiger partial charge >= 0.3 is 59.1 Å². The molecule has 0 heterocycles.